The Hall–Kier alpha value is -1.40. The monoisotopic (exact) mass is 268 g/mol. The number of amides is 1. The van der Waals surface area contributed by atoms with Crippen molar-refractivity contribution in [3.05, 3.63) is 29.3 Å². The van der Waals surface area contributed by atoms with Gasteiger partial charge in [0.15, 0.2) is 9.84 Å². The lowest BCUT2D eigenvalue weighted by Crippen LogP contribution is -2.31. The Labute approximate surface area is 106 Å². The Kier molecular flexibility index (Phi) is 3.41. The summed E-state index contributed by atoms with van der Waals surface area (Å²) in [6, 6.07) is 4.40. The fraction of sp³-hybridized carbons (Fsp3) is 0.417. The van der Waals surface area contributed by atoms with Gasteiger partial charge in [0.05, 0.1) is 10.6 Å². The third-order valence-electron chi connectivity index (χ3n) is 3.19. The van der Waals surface area contributed by atoms with Crippen LogP contribution in [0.4, 0.5) is 0 Å². The second-order valence-electron chi connectivity index (χ2n) is 4.41. The Balaban J connectivity index is 2.48. The SMILES string of the molecule is CNC(C(N)=O)c1ccc2c(c1)CCCS2(=O)=O. The molecule has 1 aliphatic heterocycles. The zero-order valence-corrected chi connectivity index (χ0v) is 11.0. The third-order valence-corrected chi connectivity index (χ3v) is 5.08. The van der Waals surface area contributed by atoms with Gasteiger partial charge in [-0.1, -0.05) is 12.1 Å². The van der Waals surface area contributed by atoms with Crippen LogP contribution < -0.4 is 11.1 Å². The molecule has 2 rings (SSSR count). The lowest BCUT2D eigenvalue weighted by molar-refractivity contribution is -0.120. The predicted octanol–water partition coefficient (Wildman–Crippen LogP) is 0.152. The first kappa shape index (κ1) is 13.0. The minimum absolute atomic E-state index is 0.199. The first-order chi connectivity index (χ1) is 8.45. The van der Waals surface area contributed by atoms with E-state index in [0.29, 0.717) is 16.9 Å². The molecular formula is C12H16N2O3S. The molecule has 1 unspecified atom stereocenters. The molecule has 0 spiro atoms. The van der Waals surface area contributed by atoms with Crippen molar-refractivity contribution >= 4 is 15.7 Å². The minimum atomic E-state index is -3.15. The molecule has 3 N–H and O–H groups in total. The second-order valence-corrected chi connectivity index (χ2v) is 6.49. The zero-order valence-electron chi connectivity index (χ0n) is 10.1. The van der Waals surface area contributed by atoms with E-state index in [4.69, 9.17) is 5.73 Å². The molecule has 1 amide bonds. The number of sulfone groups is 1. The summed E-state index contributed by atoms with van der Waals surface area (Å²) >= 11 is 0. The number of fused-ring (bicyclic) bond motifs is 1. The number of aryl methyl sites for hydroxylation is 1. The van der Waals surface area contributed by atoms with Gasteiger partial charge in [-0.15, -0.1) is 0 Å². The van der Waals surface area contributed by atoms with Gasteiger partial charge in [0.1, 0.15) is 6.04 Å². The Morgan fingerprint density at radius 2 is 2.17 bits per heavy atom. The van der Waals surface area contributed by atoms with Crippen molar-refractivity contribution in [1.29, 1.82) is 0 Å². The van der Waals surface area contributed by atoms with Gasteiger partial charge in [-0.05, 0) is 37.1 Å². The number of hydrogen-bond donors (Lipinski definition) is 2. The highest BCUT2D eigenvalue weighted by Crippen LogP contribution is 2.27. The summed E-state index contributed by atoms with van der Waals surface area (Å²) in [5, 5.41) is 2.82. The van der Waals surface area contributed by atoms with E-state index in [0.717, 1.165) is 12.0 Å². The van der Waals surface area contributed by atoms with E-state index in [1.807, 2.05) is 0 Å². The number of carbonyl (C=O) groups excluding carboxylic acids is 1. The number of nitrogens with two attached hydrogens (primary N) is 1. The van der Waals surface area contributed by atoms with Crippen molar-refractivity contribution in [2.45, 2.75) is 23.8 Å². The van der Waals surface area contributed by atoms with Crippen molar-refractivity contribution in [2.75, 3.05) is 12.8 Å². The molecule has 6 heteroatoms. The highest BCUT2D eigenvalue weighted by atomic mass is 32.2. The Morgan fingerprint density at radius 3 is 2.78 bits per heavy atom. The molecule has 5 nitrogen and oxygen atoms in total. The molecule has 0 saturated carbocycles. The van der Waals surface area contributed by atoms with Crippen molar-refractivity contribution in [1.82, 2.24) is 5.32 Å². The summed E-state index contributed by atoms with van der Waals surface area (Å²) in [5.41, 5.74) is 6.78. The Morgan fingerprint density at radius 1 is 1.44 bits per heavy atom. The highest BCUT2D eigenvalue weighted by Gasteiger charge is 2.25. The topological polar surface area (TPSA) is 89.3 Å². The van der Waals surface area contributed by atoms with E-state index in [1.54, 1.807) is 25.2 Å². The van der Waals surface area contributed by atoms with Crippen LogP contribution in [0, 0.1) is 0 Å². The van der Waals surface area contributed by atoms with Crippen LogP contribution in [0.5, 0.6) is 0 Å². The van der Waals surface area contributed by atoms with Crippen molar-refractivity contribution in [2.24, 2.45) is 5.73 Å². The van der Waals surface area contributed by atoms with Gasteiger partial charge in [-0.3, -0.25) is 4.79 Å². The van der Waals surface area contributed by atoms with Crippen LogP contribution in [-0.4, -0.2) is 27.1 Å². The lowest BCUT2D eigenvalue weighted by Gasteiger charge is -2.19. The lowest BCUT2D eigenvalue weighted by atomic mass is 10.0. The van der Waals surface area contributed by atoms with Gasteiger partial charge in [-0.2, -0.15) is 0 Å². The fourth-order valence-electron chi connectivity index (χ4n) is 2.31. The van der Waals surface area contributed by atoms with Crippen molar-refractivity contribution in [3.63, 3.8) is 0 Å². The number of nitrogens with one attached hydrogen (secondary N) is 1. The van der Waals surface area contributed by atoms with E-state index in [9.17, 15) is 13.2 Å². The minimum Gasteiger partial charge on any atom is -0.368 e. The zero-order chi connectivity index (χ0) is 13.3. The molecule has 0 saturated heterocycles. The van der Waals surface area contributed by atoms with Crippen LogP contribution >= 0.6 is 0 Å². The largest absolute Gasteiger partial charge is 0.368 e. The maximum Gasteiger partial charge on any atom is 0.239 e. The molecule has 0 aliphatic carbocycles. The second kappa shape index (κ2) is 4.70. The maximum atomic E-state index is 11.9. The molecule has 0 aromatic heterocycles. The van der Waals surface area contributed by atoms with Gasteiger partial charge in [-0.25, -0.2) is 8.42 Å². The average molecular weight is 268 g/mol. The van der Waals surface area contributed by atoms with Crippen LogP contribution in [0.2, 0.25) is 0 Å². The van der Waals surface area contributed by atoms with Crippen molar-refractivity contribution in [3.8, 4) is 0 Å². The van der Waals surface area contributed by atoms with Gasteiger partial charge < -0.3 is 11.1 Å². The summed E-state index contributed by atoms with van der Waals surface area (Å²) in [6.07, 6.45) is 1.34. The van der Waals surface area contributed by atoms with E-state index < -0.39 is 21.8 Å². The summed E-state index contributed by atoms with van der Waals surface area (Å²) in [7, 11) is -1.50. The standard InChI is InChI=1S/C12H16N2O3S/c1-14-11(12(13)15)9-4-5-10-8(7-9)3-2-6-18(10,16)17/h4-5,7,11,14H,2-3,6H2,1H3,(H2,13,15). The molecule has 1 aromatic rings. The molecule has 0 bridgehead atoms. The molecule has 0 fully saturated rings. The summed E-state index contributed by atoms with van der Waals surface area (Å²) < 4.78 is 23.7. The summed E-state index contributed by atoms with van der Waals surface area (Å²) in [5.74, 6) is -0.277. The van der Waals surface area contributed by atoms with Crippen LogP contribution in [0.25, 0.3) is 0 Å². The van der Waals surface area contributed by atoms with Crippen LogP contribution in [0.1, 0.15) is 23.6 Å². The van der Waals surface area contributed by atoms with Gasteiger partial charge in [0, 0.05) is 0 Å². The molecule has 18 heavy (non-hydrogen) atoms. The van der Waals surface area contributed by atoms with E-state index >= 15 is 0 Å². The summed E-state index contributed by atoms with van der Waals surface area (Å²) in [4.78, 5) is 11.7. The van der Waals surface area contributed by atoms with Crippen LogP contribution in [-0.2, 0) is 21.1 Å². The molecule has 0 radical (unpaired) electrons. The molecule has 98 valence electrons. The smallest absolute Gasteiger partial charge is 0.239 e. The van der Waals surface area contributed by atoms with E-state index in [-0.39, 0.29) is 5.75 Å². The third kappa shape index (κ3) is 2.26. The van der Waals surface area contributed by atoms with Crippen LogP contribution in [0.3, 0.4) is 0 Å². The Bertz CT molecular complexity index is 581. The number of carbonyl (C=O) groups is 1. The normalized spacial score (nSPS) is 18.9. The number of likely N-dealkylation sites (N-methyl/N-ethyl adjacent to an activating group) is 1. The van der Waals surface area contributed by atoms with Gasteiger partial charge in [0.25, 0.3) is 0 Å². The van der Waals surface area contributed by atoms with Crippen LogP contribution in [0.15, 0.2) is 23.1 Å². The fourth-order valence-corrected chi connectivity index (χ4v) is 3.89. The first-order valence-corrected chi connectivity index (χ1v) is 7.43. The molecular weight excluding hydrogens is 252 g/mol. The molecule has 1 heterocycles. The van der Waals surface area contributed by atoms with E-state index in [1.165, 1.54) is 0 Å². The first-order valence-electron chi connectivity index (χ1n) is 5.78. The number of benzene rings is 1. The number of hydrogen-bond acceptors (Lipinski definition) is 4. The number of primary amides is 1. The summed E-state index contributed by atoms with van der Waals surface area (Å²) in [6.45, 7) is 0. The van der Waals surface area contributed by atoms with Gasteiger partial charge >= 0.3 is 0 Å². The predicted molar refractivity (Wildman–Crippen MR) is 67.8 cm³/mol. The average Bonchev–Trinajstić information content (AvgIpc) is 2.28. The van der Waals surface area contributed by atoms with Gasteiger partial charge in [0.2, 0.25) is 5.91 Å². The van der Waals surface area contributed by atoms with Crippen molar-refractivity contribution < 1.29 is 13.2 Å². The molecule has 1 aromatic carbocycles. The molecule has 1 atom stereocenters. The van der Waals surface area contributed by atoms with E-state index in [2.05, 4.69) is 5.32 Å². The quantitative estimate of drug-likeness (QED) is 0.816. The number of rotatable bonds is 3. The molecule has 1 aliphatic rings. The maximum absolute atomic E-state index is 11.9. The highest BCUT2D eigenvalue weighted by molar-refractivity contribution is 7.91.